The van der Waals surface area contributed by atoms with Gasteiger partial charge < -0.3 is 5.32 Å². The Morgan fingerprint density at radius 1 is 0.825 bits per heavy atom. The molecule has 40 heavy (non-hydrogen) atoms. The van der Waals surface area contributed by atoms with Gasteiger partial charge in [0.1, 0.15) is 6.54 Å². The number of sulfonamides is 1. The molecule has 0 saturated heterocycles. The zero-order valence-electron chi connectivity index (χ0n) is 21.8. The summed E-state index contributed by atoms with van der Waals surface area (Å²) in [5.41, 5.74) is 5.84. The third kappa shape index (κ3) is 6.93. The maximum absolute atomic E-state index is 13.5. The fourth-order valence-electron chi connectivity index (χ4n) is 3.76. The lowest BCUT2D eigenvalue weighted by molar-refractivity contribution is -0.119. The zero-order chi connectivity index (χ0) is 28.7. The zero-order valence-corrected chi connectivity index (χ0v) is 23.4. The molecule has 4 aromatic rings. The molecule has 4 aromatic carbocycles. The summed E-state index contributed by atoms with van der Waals surface area (Å²) in [7, 11) is -4.11. The molecule has 0 aliphatic heterocycles. The van der Waals surface area contributed by atoms with Crippen LogP contribution in [-0.4, -0.2) is 32.5 Å². The van der Waals surface area contributed by atoms with Gasteiger partial charge in [-0.15, -0.1) is 0 Å². The van der Waals surface area contributed by atoms with Crippen LogP contribution >= 0.6 is 11.6 Å². The van der Waals surface area contributed by atoms with Crippen LogP contribution in [0.4, 0.5) is 11.4 Å². The Balaban J connectivity index is 1.47. The number of benzene rings is 4. The molecule has 0 bridgehead atoms. The fraction of sp³-hybridized carbons (Fsp3) is 0.100. The van der Waals surface area contributed by atoms with Gasteiger partial charge in [0, 0.05) is 11.3 Å². The second-order valence-corrected chi connectivity index (χ2v) is 11.2. The predicted octanol–water partition coefficient (Wildman–Crippen LogP) is 5.64. The van der Waals surface area contributed by atoms with E-state index < -0.39 is 22.5 Å². The number of hydrogen-bond donors (Lipinski definition) is 2. The largest absolute Gasteiger partial charge is 0.322 e. The maximum atomic E-state index is 13.5. The van der Waals surface area contributed by atoms with Crippen LogP contribution in [0, 0.1) is 6.92 Å². The number of carbonyl (C=O) groups is 2. The highest BCUT2D eigenvalue weighted by Gasteiger charge is 2.28. The van der Waals surface area contributed by atoms with E-state index in [1.807, 2.05) is 13.0 Å². The van der Waals surface area contributed by atoms with Crippen LogP contribution < -0.4 is 15.0 Å². The van der Waals surface area contributed by atoms with E-state index in [9.17, 15) is 18.0 Å². The van der Waals surface area contributed by atoms with Crippen molar-refractivity contribution in [3.05, 3.63) is 125 Å². The van der Waals surface area contributed by atoms with Crippen molar-refractivity contribution >= 4 is 50.5 Å². The van der Waals surface area contributed by atoms with Gasteiger partial charge >= 0.3 is 0 Å². The minimum atomic E-state index is -4.11. The molecule has 0 atom stereocenters. The van der Waals surface area contributed by atoms with Gasteiger partial charge in [-0.2, -0.15) is 5.10 Å². The lowest BCUT2D eigenvalue weighted by Crippen LogP contribution is -2.40. The van der Waals surface area contributed by atoms with Crippen LogP contribution in [0.3, 0.4) is 0 Å². The standard InChI is InChI=1S/C30H27ClN4O4S/c1-21-12-18-26(19-13-21)40(38,39)35(28-11-7-6-10-27(28)31)20-29(36)34-33-22(2)23-14-16-25(17-15-23)32-30(37)24-8-4-3-5-9-24/h3-19H,20H2,1-2H3,(H,32,37)(H,34,36)/b33-22-. The van der Waals surface area contributed by atoms with Crippen LogP contribution in [0.5, 0.6) is 0 Å². The summed E-state index contributed by atoms with van der Waals surface area (Å²) in [6.07, 6.45) is 0. The lowest BCUT2D eigenvalue weighted by atomic mass is 10.1. The molecule has 0 aliphatic carbocycles. The molecule has 0 aromatic heterocycles. The summed E-state index contributed by atoms with van der Waals surface area (Å²) >= 11 is 6.32. The number of aryl methyl sites for hydroxylation is 1. The molecule has 0 fully saturated rings. The first-order valence-corrected chi connectivity index (χ1v) is 14.1. The number of nitrogens with zero attached hydrogens (tertiary/aromatic N) is 2. The SMILES string of the molecule is C/C(=N/NC(=O)CN(c1ccccc1Cl)S(=O)(=O)c1ccc(C)cc1)c1ccc(NC(=O)c2ccccc2)cc1. The summed E-state index contributed by atoms with van der Waals surface area (Å²) in [4.78, 5) is 25.3. The average molecular weight is 575 g/mol. The third-order valence-electron chi connectivity index (χ3n) is 5.96. The van der Waals surface area contributed by atoms with Crippen molar-refractivity contribution in [2.75, 3.05) is 16.2 Å². The highest BCUT2D eigenvalue weighted by atomic mass is 35.5. The molecule has 0 aliphatic rings. The van der Waals surface area contributed by atoms with Crippen molar-refractivity contribution in [1.82, 2.24) is 5.43 Å². The Hall–Kier alpha value is -4.47. The Morgan fingerprint density at radius 3 is 2.10 bits per heavy atom. The molecule has 2 amide bonds. The summed E-state index contributed by atoms with van der Waals surface area (Å²) < 4.78 is 28.0. The van der Waals surface area contributed by atoms with E-state index in [0.29, 0.717) is 22.5 Å². The average Bonchev–Trinajstić information content (AvgIpc) is 2.96. The van der Waals surface area contributed by atoms with Gasteiger partial charge in [-0.1, -0.05) is 71.8 Å². The molecular weight excluding hydrogens is 548 g/mol. The number of amides is 2. The number of nitrogens with one attached hydrogen (secondary N) is 2. The normalized spacial score (nSPS) is 11.5. The lowest BCUT2D eigenvalue weighted by Gasteiger charge is -2.24. The van der Waals surface area contributed by atoms with Gasteiger partial charge in [0.15, 0.2) is 0 Å². The van der Waals surface area contributed by atoms with E-state index >= 15 is 0 Å². The molecule has 0 heterocycles. The van der Waals surface area contributed by atoms with Crippen LogP contribution in [0.1, 0.15) is 28.4 Å². The first kappa shape index (κ1) is 28.5. The van der Waals surface area contributed by atoms with Gasteiger partial charge in [-0.3, -0.25) is 13.9 Å². The minimum absolute atomic E-state index is 0.0324. The smallest absolute Gasteiger partial charge is 0.264 e. The number of hydrogen-bond acceptors (Lipinski definition) is 5. The quantitative estimate of drug-likeness (QED) is 0.199. The molecule has 10 heteroatoms. The second kappa shape index (κ2) is 12.6. The number of halogens is 1. The molecule has 2 N–H and O–H groups in total. The number of rotatable bonds is 9. The molecule has 8 nitrogen and oxygen atoms in total. The Bertz CT molecular complexity index is 1640. The highest BCUT2D eigenvalue weighted by Crippen LogP contribution is 2.30. The van der Waals surface area contributed by atoms with E-state index in [1.165, 1.54) is 18.2 Å². The van der Waals surface area contributed by atoms with Gasteiger partial charge in [0.2, 0.25) is 0 Å². The van der Waals surface area contributed by atoms with Crippen molar-refractivity contribution in [3.8, 4) is 0 Å². The third-order valence-corrected chi connectivity index (χ3v) is 8.06. The number of anilines is 2. The van der Waals surface area contributed by atoms with Crippen molar-refractivity contribution in [2.24, 2.45) is 5.10 Å². The van der Waals surface area contributed by atoms with E-state index in [2.05, 4.69) is 15.8 Å². The van der Waals surface area contributed by atoms with Gasteiger partial charge in [-0.05, 0) is 67.9 Å². The molecule has 0 spiro atoms. The molecular formula is C30H27ClN4O4S. The molecule has 0 radical (unpaired) electrons. The van der Waals surface area contributed by atoms with Crippen molar-refractivity contribution < 1.29 is 18.0 Å². The first-order chi connectivity index (χ1) is 19.1. The minimum Gasteiger partial charge on any atom is -0.322 e. The molecule has 4 rings (SSSR count). The van der Waals surface area contributed by atoms with Crippen molar-refractivity contribution in [2.45, 2.75) is 18.7 Å². The summed E-state index contributed by atoms with van der Waals surface area (Å²) in [5.74, 6) is -0.878. The predicted molar refractivity (Wildman–Crippen MR) is 158 cm³/mol. The van der Waals surface area contributed by atoms with E-state index in [1.54, 1.807) is 85.8 Å². The second-order valence-electron chi connectivity index (χ2n) is 8.91. The van der Waals surface area contributed by atoms with E-state index in [-0.39, 0.29) is 21.5 Å². The first-order valence-electron chi connectivity index (χ1n) is 12.3. The van der Waals surface area contributed by atoms with Gasteiger partial charge in [0.25, 0.3) is 21.8 Å². The number of carbonyl (C=O) groups excluding carboxylic acids is 2. The molecule has 204 valence electrons. The van der Waals surface area contributed by atoms with Crippen LogP contribution in [0.2, 0.25) is 5.02 Å². The van der Waals surface area contributed by atoms with Gasteiger partial charge in [0.05, 0.1) is 21.3 Å². The Morgan fingerprint density at radius 2 is 1.45 bits per heavy atom. The number of para-hydroxylation sites is 1. The summed E-state index contributed by atoms with van der Waals surface area (Å²) in [6, 6.07) is 28.6. The van der Waals surface area contributed by atoms with Crippen molar-refractivity contribution in [3.63, 3.8) is 0 Å². The Kier molecular flexibility index (Phi) is 8.98. The molecule has 0 unspecified atom stereocenters. The highest BCUT2D eigenvalue weighted by molar-refractivity contribution is 7.92. The van der Waals surface area contributed by atoms with E-state index in [4.69, 9.17) is 11.6 Å². The molecule has 0 saturated carbocycles. The topological polar surface area (TPSA) is 108 Å². The maximum Gasteiger partial charge on any atom is 0.264 e. The summed E-state index contributed by atoms with van der Waals surface area (Å²) in [5, 5.41) is 7.15. The Labute approximate surface area is 238 Å². The summed E-state index contributed by atoms with van der Waals surface area (Å²) in [6.45, 7) is 3.01. The van der Waals surface area contributed by atoms with Crippen LogP contribution in [-0.2, 0) is 14.8 Å². The monoisotopic (exact) mass is 574 g/mol. The number of hydrazone groups is 1. The fourth-order valence-corrected chi connectivity index (χ4v) is 5.48. The van der Waals surface area contributed by atoms with E-state index in [0.717, 1.165) is 9.87 Å². The van der Waals surface area contributed by atoms with Crippen LogP contribution in [0.15, 0.2) is 113 Å². The van der Waals surface area contributed by atoms with Crippen molar-refractivity contribution in [1.29, 1.82) is 0 Å². The van der Waals surface area contributed by atoms with Gasteiger partial charge in [-0.25, -0.2) is 13.8 Å². The van der Waals surface area contributed by atoms with Crippen LogP contribution in [0.25, 0.3) is 0 Å².